The standard InChI is InChI=1S/C25H20BrNO3/c1-3-30-25(29)23-16(2)27(20-13-11-19(26)12-14-20)24(28)22(23)15-18-9-6-8-17-7-4-5-10-21(17)18/h4-15H,3H2,1-2H3/b22-15-. The number of hydrogen-bond donors (Lipinski definition) is 0. The fraction of sp³-hybridized carbons (Fsp3) is 0.120. The first-order chi connectivity index (χ1) is 14.5. The minimum Gasteiger partial charge on any atom is -0.462 e. The van der Waals surface area contributed by atoms with Crippen molar-refractivity contribution in [3.63, 3.8) is 0 Å². The van der Waals surface area contributed by atoms with Gasteiger partial charge in [0.15, 0.2) is 0 Å². The van der Waals surface area contributed by atoms with E-state index in [0.717, 1.165) is 20.8 Å². The highest BCUT2D eigenvalue weighted by atomic mass is 79.9. The summed E-state index contributed by atoms with van der Waals surface area (Å²) >= 11 is 3.42. The smallest absolute Gasteiger partial charge is 0.340 e. The molecule has 150 valence electrons. The van der Waals surface area contributed by atoms with E-state index in [9.17, 15) is 9.59 Å². The second-order valence-electron chi connectivity index (χ2n) is 6.92. The molecule has 3 aromatic carbocycles. The van der Waals surface area contributed by atoms with Gasteiger partial charge in [0, 0.05) is 15.9 Å². The Morgan fingerprint density at radius 2 is 1.73 bits per heavy atom. The lowest BCUT2D eigenvalue weighted by Crippen LogP contribution is -2.24. The number of benzene rings is 3. The molecule has 0 fully saturated rings. The number of halogens is 1. The molecule has 0 saturated carbocycles. The zero-order chi connectivity index (χ0) is 21.3. The van der Waals surface area contributed by atoms with Crippen LogP contribution in [-0.2, 0) is 14.3 Å². The van der Waals surface area contributed by atoms with Crippen LogP contribution in [0.15, 0.2) is 88.0 Å². The SMILES string of the molecule is CCOC(=O)C1=C(C)N(c2ccc(Br)cc2)C(=O)/C1=C\c1cccc2ccccc12. The monoisotopic (exact) mass is 461 g/mol. The first-order valence-corrected chi connectivity index (χ1v) is 10.5. The second-order valence-corrected chi connectivity index (χ2v) is 7.84. The third-order valence-corrected chi connectivity index (χ3v) is 5.62. The number of hydrogen-bond acceptors (Lipinski definition) is 3. The zero-order valence-electron chi connectivity index (χ0n) is 16.7. The molecule has 0 N–H and O–H groups in total. The lowest BCUT2D eigenvalue weighted by molar-refractivity contribution is -0.138. The topological polar surface area (TPSA) is 46.6 Å². The Kier molecular flexibility index (Phi) is 5.55. The molecular formula is C25H20BrNO3. The summed E-state index contributed by atoms with van der Waals surface area (Å²) in [6, 6.07) is 21.3. The Morgan fingerprint density at radius 3 is 2.47 bits per heavy atom. The summed E-state index contributed by atoms with van der Waals surface area (Å²) in [7, 11) is 0. The summed E-state index contributed by atoms with van der Waals surface area (Å²) in [6.07, 6.45) is 1.79. The molecule has 0 bridgehead atoms. The summed E-state index contributed by atoms with van der Waals surface area (Å²) in [5, 5.41) is 2.09. The summed E-state index contributed by atoms with van der Waals surface area (Å²) in [5.41, 5.74) is 2.78. The fourth-order valence-corrected chi connectivity index (χ4v) is 3.98. The van der Waals surface area contributed by atoms with Crippen LogP contribution in [0.5, 0.6) is 0 Å². The van der Waals surface area contributed by atoms with Crippen LogP contribution in [0.1, 0.15) is 19.4 Å². The predicted molar refractivity (Wildman–Crippen MR) is 123 cm³/mol. The lowest BCUT2D eigenvalue weighted by Gasteiger charge is -2.18. The Labute approximate surface area is 183 Å². The number of esters is 1. The minimum atomic E-state index is -0.491. The molecule has 1 aliphatic rings. The first-order valence-electron chi connectivity index (χ1n) is 9.69. The number of amides is 1. The van der Waals surface area contributed by atoms with E-state index in [1.165, 1.54) is 0 Å². The summed E-state index contributed by atoms with van der Waals surface area (Å²) in [5.74, 6) is -0.736. The van der Waals surface area contributed by atoms with Crippen LogP contribution in [0, 0.1) is 0 Å². The van der Waals surface area contributed by atoms with Crippen molar-refractivity contribution in [2.45, 2.75) is 13.8 Å². The lowest BCUT2D eigenvalue weighted by atomic mass is 9.99. The van der Waals surface area contributed by atoms with E-state index in [1.54, 1.807) is 24.8 Å². The number of allylic oxidation sites excluding steroid dienone is 1. The van der Waals surface area contributed by atoms with Gasteiger partial charge >= 0.3 is 5.97 Å². The van der Waals surface area contributed by atoms with Gasteiger partial charge in [-0.15, -0.1) is 0 Å². The van der Waals surface area contributed by atoms with Crippen molar-refractivity contribution in [3.05, 3.63) is 93.6 Å². The molecule has 0 atom stereocenters. The van der Waals surface area contributed by atoms with E-state index in [4.69, 9.17) is 4.74 Å². The number of rotatable bonds is 4. The van der Waals surface area contributed by atoms with E-state index in [1.807, 2.05) is 66.7 Å². The molecule has 0 saturated heterocycles. The number of carbonyl (C=O) groups excluding carboxylic acids is 2. The Morgan fingerprint density at radius 1 is 1.03 bits per heavy atom. The minimum absolute atomic E-state index is 0.240. The molecule has 5 heteroatoms. The van der Waals surface area contributed by atoms with E-state index in [0.29, 0.717) is 22.5 Å². The number of ether oxygens (including phenoxy) is 1. The van der Waals surface area contributed by atoms with Crippen LogP contribution >= 0.6 is 15.9 Å². The normalized spacial score (nSPS) is 15.4. The van der Waals surface area contributed by atoms with Gasteiger partial charge in [0.25, 0.3) is 5.91 Å². The van der Waals surface area contributed by atoms with Gasteiger partial charge in [-0.25, -0.2) is 4.79 Å². The Bertz CT molecular complexity index is 1200. The molecule has 30 heavy (non-hydrogen) atoms. The van der Waals surface area contributed by atoms with E-state index < -0.39 is 5.97 Å². The highest BCUT2D eigenvalue weighted by Gasteiger charge is 2.38. The van der Waals surface area contributed by atoms with Gasteiger partial charge < -0.3 is 4.74 Å². The number of fused-ring (bicyclic) bond motifs is 1. The van der Waals surface area contributed by atoms with Crippen molar-refractivity contribution in [3.8, 4) is 0 Å². The molecule has 1 aliphatic heterocycles. The average molecular weight is 462 g/mol. The van der Waals surface area contributed by atoms with Crippen LogP contribution in [-0.4, -0.2) is 18.5 Å². The highest BCUT2D eigenvalue weighted by Crippen LogP contribution is 2.36. The van der Waals surface area contributed by atoms with Crippen molar-refractivity contribution in [1.29, 1.82) is 0 Å². The molecule has 0 unspecified atom stereocenters. The molecule has 0 radical (unpaired) electrons. The number of nitrogens with zero attached hydrogens (tertiary/aromatic N) is 1. The van der Waals surface area contributed by atoms with Crippen molar-refractivity contribution in [1.82, 2.24) is 0 Å². The molecule has 3 aromatic rings. The third kappa shape index (κ3) is 3.57. The maximum atomic E-state index is 13.5. The number of anilines is 1. The van der Waals surface area contributed by atoms with Gasteiger partial charge in [0.1, 0.15) is 0 Å². The maximum Gasteiger partial charge on any atom is 0.340 e. The van der Waals surface area contributed by atoms with Gasteiger partial charge in [-0.2, -0.15) is 0 Å². The van der Waals surface area contributed by atoms with Crippen molar-refractivity contribution >= 4 is 50.3 Å². The van der Waals surface area contributed by atoms with Crippen molar-refractivity contribution in [2.24, 2.45) is 0 Å². The van der Waals surface area contributed by atoms with Gasteiger partial charge in [-0.3, -0.25) is 9.69 Å². The zero-order valence-corrected chi connectivity index (χ0v) is 18.3. The molecule has 1 amide bonds. The molecule has 1 heterocycles. The van der Waals surface area contributed by atoms with Crippen LogP contribution in [0.2, 0.25) is 0 Å². The van der Waals surface area contributed by atoms with Crippen LogP contribution < -0.4 is 4.90 Å². The fourth-order valence-electron chi connectivity index (χ4n) is 3.71. The molecule has 4 rings (SSSR count). The predicted octanol–water partition coefficient (Wildman–Crippen LogP) is 5.87. The van der Waals surface area contributed by atoms with Gasteiger partial charge in [0.2, 0.25) is 0 Å². The molecule has 0 aliphatic carbocycles. The molecule has 4 nitrogen and oxygen atoms in total. The van der Waals surface area contributed by atoms with Crippen LogP contribution in [0.4, 0.5) is 5.69 Å². The van der Waals surface area contributed by atoms with Crippen molar-refractivity contribution in [2.75, 3.05) is 11.5 Å². The quantitative estimate of drug-likeness (QED) is 0.360. The number of carbonyl (C=O) groups is 2. The van der Waals surface area contributed by atoms with Gasteiger partial charge in [-0.1, -0.05) is 58.4 Å². The average Bonchev–Trinajstić information content (AvgIpc) is 2.99. The first kappa shape index (κ1) is 20.1. The second kappa shape index (κ2) is 8.28. The van der Waals surface area contributed by atoms with Gasteiger partial charge in [0.05, 0.1) is 17.8 Å². The van der Waals surface area contributed by atoms with Crippen LogP contribution in [0.25, 0.3) is 16.8 Å². The Balaban J connectivity index is 1.89. The summed E-state index contributed by atoms with van der Waals surface area (Å²) < 4.78 is 6.19. The molecular weight excluding hydrogens is 442 g/mol. The van der Waals surface area contributed by atoms with E-state index in [-0.39, 0.29) is 12.5 Å². The maximum absolute atomic E-state index is 13.5. The largest absolute Gasteiger partial charge is 0.462 e. The molecule has 0 aromatic heterocycles. The highest BCUT2D eigenvalue weighted by molar-refractivity contribution is 9.10. The Hall–Kier alpha value is -3.18. The summed E-state index contributed by atoms with van der Waals surface area (Å²) in [4.78, 5) is 27.8. The van der Waals surface area contributed by atoms with Crippen LogP contribution in [0.3, 0.4) is 0 Å². The van der Waals surface area contributed by atoms with E-state index >= 15 is 0 Å². The van der Waals surface area contributed by atoms with Gasteiger partial charge in [-0.05, 0) is 60.5 Å². The summed E-state index contributed by atoms with van der Waals surface area (Å²) in [6.45, 7) is 3.77. The third-order valence-electron chi connectivity index (χ3n) is 5.09. The van der Waals surface area contributed by atoms with E-state index in [2.05, 4.69) is 15.9 Å². The molecule has 0 spiro atoms. The van der Waals surface area contributed by atoms with Crippen molar-refractivity contribution < 1.29 is 14.3 Å².